The van der Waals surface area contributed by atoms with Crippen molar-refractivity contribution in [2.75, 3.05) is 12.4 Å². The lowest BCUT2D eigenvalue weighted by molar-refractivity contribution is 0.0591. The second-order valence-corrected chi connectivity index (χ2v) is 5.66. The Balaban J connectivity index is 2.17. The van der Waals surface area contributed by atoms with E-state index in [9.17, 15) is 9.59 Å². The highest BCUT2D eigenvalue weighted by molar-refractivity contribution is 7.17. The number of hydrogen-bond donors (Lipinski definition) is 1. The predicted octanol–water partition coefficient (Wildman–Crippen LogP) is 2.34. The van der Waals surface area contributed by atoms with E-state index >= 15 is 0 Å². The number of ketones is 1. The lowest BCUT2D eigenvalue weighted by Gasteiger charge is -2.33. The highest BCUT2D eigenvalue weighted by atomic mass is 32.1. The van der Waals surface area contributed by atoms with E-state index in [1.807, 2.05) is 0 Å². The van der Waals surface area contributed by atoms with Crippen molar-refractivity contribution < 1.29 is 14.3 Å². The number of Topliss-reactive ketones (excluding diaryl/α,β-unsaturated/α-hetero) is 1. The molecule has 18 heavy (non-hydrogen) atoms. The highest BCUT2D eigenvalue weighted by Gasteiger charge is 2.28. The number of carbonyl (C=O) groups is 2. The molecular weight excluding hydrogens is 252 g/mol. The van der Waals surface area contributed by atoms with E-state index in [0.717, 1.165) is 18.8 Å². The van der Waals surface area contributed by atoms with Crippen LogP contribution < -0.4 is 5.32 Å². The van der Waals surface area contributed by atoms with Crippen molar-refractivity contribution in [1.29, 1.82) is 0 Å². The van der Waals surface area contributed by atoms with Crippen LogP contribution in [-0.4, -0.2) is 29.9 Å². The second kappa shape index (κ2) is 5.06. The van der Waals surface area contributed by atoms with Crippen molar-refractivity contribution >= 4 is 28.2 Å². The molecule has 1 heterocycles. The molecule has 0 aliphatic heterocycles. The summed E-state index contributed by atoms with van der Waals surface area (Å²) in [5, 5.41) is 3.87. The number of esters is 1. The molecule has 0 spiro atoms. The summed E-state index contributed by atoms with van der Waals surface area (Å²) < 4.78 is 4.63. The van der Waals surface area contributed by atoms with Gasteiger partial charge in [-0.15, -0.1) is 0 Å². The summed E-state index contributed by atoms with van der Waals surface area (Å²) in [5.74, 6) is 0.00391. The number of anilines is 1. The van der Waals surface area contributed by atoms with Gasteiger partial charge in [0.1, 0.15) is 4.88 Å². The fraction of sp³-hybridized carbons (Fsp3) is 0.583. The Morgan fingerprint density at radius 1 is 1.44 bits per heavy atom. The van der Waals surface area contributed by atoms with Crippen LogP contribution in [0.5, 0.6) is 0 Å². The zero-order chi connectivity index (χ0) is 13.3. The number of ether oxygens (including phenoxy) is 1. The van der Waals surface area contributed by atoms with Gasteiger partial charge in [-0.2, -0.15) is 0 Å². The van der Waals surface area contributed by atoms with Crippen LogP contribution in [0.3, 0.4) is 0 Å². The Kier molecular flexibility index (Phi) is 3.65. The predicted molar refractivity (Wildman–Crippen MR) is 69.3 cm³/mol. The topological polar surface area (TPSA) is 68.3 Å². The molecule has 1 N–H and O–H groups in total. The molecule has 0 unspecified atom stereocenters. The van der Waals surface area contributed by atoms with E-state index in [1.165, 1.54) is 25.4 Å². The third-order valence-electron chi connectivity index (χ3n) is 3.03. The van der Waals surface area contributed by atoms with E-state index in [1.54, 1.807) is 0 Å². The zero-order valence-electron chi connectivity index (χ0n) is 10.6. The van der Waals surface area contributed by atoms with Gasteiger partial charge in [-0.25, -0.2) is 9.78 Å². The SMILES string of the molecule is COC(=O)c1nc(NC2CC(C)C2)sc1C(C)=O. The lowest BCUT2D eigenvalue weighted by atomic mass is 9.82. The number of hydrogen-bond acceptors (Lipinski definition) is 6. The van der Waals surface area contributed by atoms with Crippen LogP contribution >= 0.6 is 11.3 Å². The van der Waals surface area contributed by atoms with E-state index in [-0.39, 0.29) is 11.5 Å². The van der Waals surface area contributed by atoms with Crippen LogP contribution in [0, 0.1) is 5.92 Å². The first kappa shape index (κ1) is 13.0. The van der Waals surface area contributed by atoms with Crippen molar-refractivity contribution in [3.8, 4) is 0 Å². The average Bonchev–Trinajstić information content (AvgIpc) is 2.70. The fourth-order valence-electron chi connectivity index (χ4n) is 2.05. The van der Waals surface area contributed by atoms with E-state index in [0.29, 0.717) is 16.1 Å². The van der Waals surface area contributed by atoms with Crippen LogP contribution in [0.2, 0.25) is 0 Å². The van der Waals surface area contributed by atoms with Gasteiger partial charge in [0.25, 0.3) is 0 Å². The highest BCUT2D eigenvalue weighted by Crippen LogP contribution is 2.32. The number of nitrogens with zero attached hydrogens (tertiary/aromatic N) is 1. The molecule has 0 radical (unpaired) electrons. The molecule has 0 bridgehead atoms. The maximum absolute atomic E-state index is 11.5. The smallest absolute Gasteiger partial charge is 0.358 e. The zero-order valence-corrected chi connectivity index (χ0v) is 11.5. The van der Waals surface area contributed by atoms with Crippen LogP contribution in [0.1, 0.15) is 46.8 Å². The van der Waals surface area contributed by atoms with Gasteiger partial charge >= 0.3 is 5.97 Å². The maximum Gasteiger partial charge on any atom is 0.358 e. The van der Waals surface area contributed by atoms with Crippen LogP contribution in [0.4, 0.5) is 5.13 Å². The third-order valence-corrected chi connectivity index (χ3v) is 4.11. The summed E-state index contributed by atoms with van der Waals surface area (Å²) in [6.45, 7) is 3.62. The van der Waals surface area contributed by atoms with Gasteiger partial charge in [0.2, 0.25) is 0 Å². The van der Waals surface area contributed by atoms with E-state index in [4.69, 9.17) is 0 Å². The number of methoxy groups -OCH3 is 1. The summed E-state index contributed by atoms with van der Waals surface area (Å²) >= 11 is 1.22. The van der Waals surface area contributed by atoms with Crippen LogP contribution in [-0.2, 0) is 4.74 Å². The van der Waals surface area contributed by atoms with Gasteiger partial charge in [-0.3, -0.25) is 4.79 Å². The lowest BCUT2D eigenvalue weighted by Crippen LogP contribution is -2.33. The van der Waals surface area contributed by atoms with E-state index in [2.05, 4.69) is 22.0 Å². The Hall–Kier alpha value is -1.43. The molecule has 1 aliphatic carbocycles. The Bertz CT molecular complexity index is 478. The van der Waals surface area contributed by atoms with Crippen molar-refractivity contribution in [2.45, 2.75) is 32.7 Å². The molecule has 1 saturated carbocycles. The van der Waals surface area contributed by atoms with Gasteiger partial charge in [0.05, 0.1) is 7.11 Å². The minimum Gasteiger partial charge on any atom is -0.464 e. The molecule has 0 saturated heterocycles. The maximum atomic E-state index is 11.5. The average molecular weight is 268 g/mol. The Morgan fingerprint density at radius 2 is 2.11 bits per heavy atom. The van der Waals surface area contributed by atoms with Crippen molar-refractivity contribution in [1.82, 2.24) is 4.98 Å². The number of carbonyl (C=O) groups excluding carboxylic acids is 2. The van der Waals surface area contributed by atoms with Crippen molar-refractivity contribution in [3.63, 3.8) is 0 Å². The number of aromatic nitrogens is 1. The summed E-state index contributed by atoms with van der Waals surface area (Å²) in [7, 11) is 1.28. The molecule has 1 fully saturated rings. The van der Waals surface area contributed by atoms with Gasteiger partial charge < -0.3 is 10.1 Å². The first-order valence-corrected chi connectivity index (χ1v) is 6.69. The Morgan fingerprint density at radius 3 is 2.61 bits per heavy atom. The Labute approximate surface area is 110 Å². The minimum atomic E-state index is -0.563. The second-order valence-electron chi connectivity index (χ2n) is 4.66. The van der Waals surface area contributed by atoms with Gasteiger partial charge in [0, 0.05) is 13.0 Å². The molecule has 1 aromatic heterocycles. The van der Waals surface area contributed by atoms with Crippen LogP contribution in [0.25, 0.3) is 0 Å². The molecular formula is C12H16N2O3S. The summed E-state index contributed by atoms with van der Waals surface area (Å²) in [4.78, 5) is 27.5. The first-order valence-electron chi connectivity index (χ1n) is 5.88. The third kappa shape index (κ3) is 2.53. The van der Waals surface area contributed by atoms with Crippen LogP contribution in [0.15, 0.2) is 0 Å². The summed E-state index contributed by atoms with van der Waals surface area (Å²) in [6.07, 6.45) is 2.20. The molecule has 0 aromatic carbocycles. The quantitative estimate of drug-likeness (QED) is 0.670. The summed E-state index contributed by atoms with van der Waals surface area (Å²) in [5.41, 5.74) is 0.116. The minimum absolute atomic E-state index is 0.116. The molecule has 0 amide bonds. The monoisotopic (exact) mass is 268 g/mol. The number of nitrogens with one attached hydrogen (secondary N) is 1. The fourth-order valence-corrected chi connectivity index (χ4v) is 2.98. The van der Waals surface area contributed by atoms with Crippen molar-refractivity contribution in [3.05, 3.63) is 10.6 Å². The molecule has 1 aliphatic rings. The van der Waals surface area contributed by atoms with Gasteiger partial charge in [-0.05, 0) is 18.8 Å². The molecule has 98 valence electrons. The number of thiazole rings is 1. The molecule has 5 nitrogen and oxygen atoms in total. The first-order chi connectivity index (χ1) is 8.51. The number of rotatable bonds is 4. The van der Waals surface area contributed by atoms with E-state index < -0.39 is 5.97 Å². The van der Waals surface area contributed by atoms with Gasteiger partial charge in [0.15, 0.2) is 16.6 Å². The largest absolute Gasteiger partial charge is 0.464 e. The van der Waals surface area contributed by atoms with Gasteiger partial charge in [-0.1, -0.05) is 18.3 Å². The van der Waals surface area contributed by atoms with Crippen molar-refractivity contribution in [2.24, 2.45) is 5.92 Å². The summed E-state index contributed by atoms with van der Waals surface area (Å²) in [6, 6.07) is 0.399. The molecule has 0 atom stereocenters. The standard InChI is InChI=1S/C12H16N2O3S/c1-6-4-8(5-6)13-12-14-9(11(16)17-3)10(18-12)7(2)15/h6,8H,4-5H2,1-3H3,(H,13,14). The molecule has 1 aromatic rings. The normalized spacial score (nSPS) is 22.2. The molecule has 2 rings (SSSR count). The molecule has 6 heteroatoms.